The summed E-state index contributed by atoms with van der Waals surface area (Å²) in [5.74, 6) is 0. The normalized spacial score (nSPS) is 27.1. The molecule has 2 atom stereocenters. The molecule has 3 fully saturated rings. The Morgan fingerprint density at radius 1 is 0.545 bits per heavy atom. The maximum atomic E-state index is 10.6. The van der Waals surface area contributed by atoms with Crippen LogP contribution in [0.15, 0.2) is 88.7 Å². The van der Waals surface area contributed by atoms with Crippen LogP contribution in [0.1, 0.15) is 110 Å². The second kappa shape index (κ2) is 11.9. The van der Waals surface area contributed by atoms with Crippen LogP contribution in [-0.2, 0) is 39.8 Å². The van der Waals surface area contributed by atoms with E-state index in [0.29, 0.717) is 12.0 Å². The summed E-state index contributed by atoms with van der Waals surface area (Å²) in [5, 5.41) is 10.6. The number of rotatable bonds is 4. The maximum absolute atomic E-state index is 10.6. The zero-order chi connectivity index (χ0) is 39.1. The molecule has 11 heteroatoms. The van der Waals surface area contributed by atoms with Crippen molar-refractivity contribution in [2.75, 3.05) is 0 Å². The molecule has 7 nitrogen and oxygen atoms in total. The second-order valence-corrected chi connectivity index (χ2v) is 19.6. The van der Waals surface area contributed by atoms with Crippen LogP contribution in [0.5, 0.6) is 0 Å². The zero-order valence-corrected chi connectivity index (χ0v) is 34.6. The summed E-state index contributed by atoms with van der Waals surface area (Å²) in [4.78, 5) is 2.40. The third-order valence-electron chi connectivity index (χ3n) is 13.9. The fraction of sp³-hybridized carbons (Fsp3) is 0.432. The van der Waals surface area contributed by atoms with E-state index in [1.165, 1.54) is 26.5 Å². The van der Waals surface area contributed by atoms with Gasteiger partial charge in [0.15, 0.2) is 0 Å². The predicted molar refractivity (Wildman–Crippen MR) is 218 cm³/mol. The van der Waals surface area contributed by atoms with Crippen molar-refractivity contribution in [2.45, 2.75) is 131 Å². The molecule has 0 saturated carbocycles. The first-order chi connectivity index (χ1) is 25.7. The standard InChI is InChI=1S/C44H48B3NO6S/c1-38(2)39(3,4)50-45(49-38)35-24-33-30(23-28(35)26-48)29-16-12-13-17-31(29)44(33)32-18-14-15-19-36(32)55-37-21-20-27(22-34(37)44)25-43(11)42(9,10)53-47(54-43)46-51-40(5,6)41(7,8)52-46/h12-24H,25H2,1-11H3. The fourth-order valence-corrected chi connectivity index (χ4v) is 10.1. The van der Waals surface area contributed by atoms with Crippen molar-refractivity contribution in [1.29, 1.82) is 5.26 Å². The lowest BCUT2D eigenvalue weighted by Gasteiger charge is -2.41. The Balaban J connectivity index is 1.19. The molecule has 0 bridgehead atoms. The topological polar surface area (TPSA) is 79.2 Å². The lowest BCUT2D eigenvalue weighted by Crippen LogP contribution is -2.46. The number of fused-ring (bicyclic) bond motifs is 9. The third kappa shape index (κ3) is 5.22. The SMILES string of the molecule is CC1(C)OB(B2OC(C)(C)C(C)(Cc3ccc4c(c3)C3(c5ccccc5S4)c4ccccc4-c4cc(C#N)c(B5OC(C)(C)C(C)(C)O5)cc43)O2)OC1(C)C. The summed E-state index contributed by atoms with van der Waals surface area (Å²) in [6.45, 7) is 22.7. The molecule has 4 aromatic carbocycles. The Morgan fingerprint density at radius 2 is 1.11 bits per heavy atom. The highest BCUT2D eigenvalue weighted by atomic mass is 32.2. The van der Waals surface area contributed by atoms with Crippen LogP contribution in [0.25, 0.3) is 11.1 Å². The smallest absolute Gasteiger partial charge is 0.405 e. The highest BCUT2D eigenvalue weighted by Crippen LogP contribution is 2.62. The summed E-state index contributed by atoms with van der Waals surface area (Å²) in [7, 11) is -2.01. The van der Waals surface area contributed by atoms with E-state index in [9.17, 15) is 5.26 Å². The molecule has 0 amide bonds. The van der Waals surface area contributed by atoms with Crippen LogP contribution in [-0.4, -0.2) is 54.7 Å². The lowest BCUT2D eigenvalue weighted by molar-refractivity contribution is -0.00879. The Labute approximate surface area is 331 Å². The molecule has 4 heterocycles. The Bertz CT molecular complexity index is 2290. The van der Waals surface area contributed by atoms with E-state index < -0.39 is 60.2 Å². The van der Waals surface area contributed by atoms with Gasteiger partial charge in [0.2, 0.25) is 0 Å². The van der Waals surface area contributed by atoms with Crippen LogP contribution >= 0.6 is 11.8 Å². The molecular formula is C44H48B3NO6S. The molecule has 1 spiro atoms. The zero-order valence-electron chi connectivity index (χ0n) is 33.7. The second-order valence-electron chi connectivity index (χ2n) is 18.6. The molecule has 55 heavy (non-hydrogen) atoms. The first kappa shape index (κ1) is 37.3. The van der Waals surface area contributed by atoms with Gasteiger partial charge in [-0.25, -0.2) is 0 Å². The maximum Gasteiger partial charge on any atom is 0.496 e. The molecule has 3 saturated heterocycles. The number of nitriles is 1. The molecule has 9 rings (SSSR count). The van der Waals surface area contributed by atoms with Gasteiger partial charge >= 0.3 is 21.1 Å². The number of benzene rings is 4. The third-order valence-corrected chi connectivity index (χ3v) is 15.0. The average Bonchev–Trinajstić information content (AvgIpc) is 3.70. The van der Waals surface area contributed by atoms with E-state index in [1.807, 2.05) is 27.7 Å². The van der Waals surface area contributed by atoms with Crippen molar-refractivity contribution in [1.82, 2.24) is 0 Å². The van der Waals surface area contributed by atoms with Gasteiger partial charge in [-0.3, -0.25) is 0 Å². The molecule has 0 aromatic heterocycles. The van der Waals surface area contributed by atoms with E-state index in [4.69, 9.17) is 27.9 Å². The minimum Gasteiger partial charge on any atom is -0.405 e. The molecule has 0 radical (unpaired) electrons. The van der Waals surface area contributed by atoms with E-state index in [1.54, 1.807) is 11.8 Å². The van der Waals surface area contributed by atoms with Crippen LogP contribution in [0.3, 0.4) is 0 Å². The Morgan fingerprint density at radius 3 is 1.78 bits per heavy atom. The molecule has 4 aliphatic heterocycles. The number of hydrogen-bond donors (Lipinski definition) is 0. The molecule has 2 unspecified atom stereocenters. The van der Waals surface area contributed by atoms with Crippen molar-refractivity contribution in [3.63, 3.8) is 0 Å². The summed E-state index contributed by atoms with van der Waals surface area (Å²) >= 11 is 1.81. The predicted octanol–water partition coefficient (Wildman–Crippen LogP) is 8.47. The van der Waals surface area contributed by atoms with Gasteiger partial charge in [0.1, 0.15) is 0 Å². The minimum atomic E-state index is -0.695. The highest BCUT2D eigenvalue weighted by molar-refractivity contribution is 7.99. The van der Waals surface area contributed by atoms with Gasteiger partial charge in [-0.15, -0.1) is 0 Å². The van der Waals surface area contributed by atoms with E-state index in [-0.39, 0.29) is 0 Å². The van der Waals surface area contributed by atoms with Crippen LogP contribution in [0.2, 0.25) is 0 Å². The van der Waals surface area contributed by atoms with Crippen molar-refractivity contribution < 1.29 is 27.9 Å². The molecule has 280 valence electrons. The van der Waals surface area contributed by atoms with E-state index in [0.717, 1.165) is 27.7 Å². The number of hydrogen-bond acceptors (Lipinski definition) is 8. The van der Waals surface area contributed by atoms with Gasteiger partial charge < -0.3 is 27.9 Å². The molecule has 5 aliphatic rings. The van der Waals surface area contributed by atoms with Crippen LogP contribution < -0.4 is 5.46 Å². The quantitative estimate of drug-likeness (QED) is 0.166. The number of nitrogens with zero attached hydrogens (tertiary/aromatic N) is 1. The van der Waals surface area contributed by atoms with Gasteiger partial charge in [0.05, 0.1) is 50.7 Å². The monoisotopic (exact) mass is 751 g/mol. The van der Waals surface area contributed by atoms with Crippen molar-refractivity contribution in [3.05, 3.63) is 112 Å². The molecule has 1 aliphatic carbocycles. The van der Waals surface area contributed by atoms with Gasteiger partial charge in [-0.1, -0.05) is 72.4 Å². The average molecular weight is 751 g/mol. The first-order valence-corrected chi connectivity index (χ1v) is 20.2. The van der Waals surface area contributed by atoms with E-state index in [2.05, 4.69) is 133 Å². The Kier molecular flexibility index (Phi) is 8.04. The largest absolute Gasteiger partial charge is 0.496 e. The lowest BCUT2D eigenvalue weighted by atomic mass is 9.49. The van der Waals surface area contributed by atoms with Gasteiger partial charge in [0.25, 0.3) is 0 Å². The molecule has 4 aromatic rings. The summed E-state index contributed by atoms with van der Waals surface area (Å²) in [6.07, 6.45) is 0.604. The summed E-state index contributed by atoms with van der Waals surface area (Å²) in [6, 6.07) is 31.1. The van der Waals surface area contributed by atoms with Gasteiger partial charge in [-0.2, -0.15) is 5.26 Å². The summed E-state index contributed by atoms with van der Waals surface area (Å²) < 4.78 is 39.5. The highest BCUT2D eigenvalue weighted by Gasteiger charge is 2.65. The van der Waals surface area contributed by atoms with Crippen molar-refractivity contribution in [2.24, 2.45) is 0 Å². The van der Waals surface area contributed by atoms with Crippen LogP contribution in [0.4, 0.5) is 0 Å². The minimum absolute atomic E-state index is 0.502. The Hall–Kier alpha value is -3.33. The first-order valence-electron chi connectivity index (χ1n) is 19.4. The van der Waals surface area contributed by atoms with Gasteiger partial charge in [0, 0.05) is 21.7 Å². The van der Waals surface area contributed by atoms with Crippen LogP contribution in [0, 0.1) is 11.3 Å². The molecular weight excluding hydrogens is 703 g/mol. The van der Waals surface area contributed by atoms with Crippen molar-refractivity contribution >= 4 is 38.4 Å². The van der Waals surface area contributed by atoms with Crippen molar-refractivity contribution in [3.8, 4) is 17.2 Å². The fourth-order valence-electron chi connectivity index (χ4n) is 8.97. The summed E-state index contributed by atoms with van der Waals surface area (Å²) in [5.41, 5.74) is 5.23. The molecule has 0 N–H and O–H groups in total. The van der Waals surface area contributed by atoms with Gasteiger partial charge in [-0.05, 0) is 133 Å². The van der Waals surface area contributed by atoms with E-state index >= 15 is 0 Å².